The van der Waals surface area contributed by atoms with Crippen molar-refractivity contribution >= 4 is 23.5 Å². The molecule has 2 aromatic carbocycles. The fourth-order valence-corrected chi connectivity index (χ4v) is 2.01. The van der Waals surface area contributed by atoms with E-state index in [-0.39, 0.29) is 6.54 Å². The smallest absolute Gasteiger partial charge is 0.344 e. The van der Waals surface area contributed by atoms with Crippen LogP contribution in [0.5, 0.6) is 0 Å². The van der Waals surface area contributed by atoms with Gasteiger partial charge in [-0.1, -0.05) is 29.8 Å². The number of ether oxygens (including phenoxy) is 1. The first-order valence-corrected chi connectivity index (χ1v) is 6.97. The van der Waals surface area contributed by atoms with E-state index < -0.39 is 35.7 Å². The predicted molar refractivity (Wildman–Crippen MR) is 79.9 cm³/mol. The molecule has 0 spiro atoms. The molecule has 0 aliphatic heterocycles. The molecule has 0 saturated carbocycles. The van der Waals surface area contributed by atoms with Crippen molar-refractivity contribution < 1.29 is 23.1 Å². The van der Waals surface area contributed by atoms with Crippen LogP contribution in [0.25, 0.3) is 0 Å². The Balaban J connectivity index is 1.86. The maximum Gasteiger partial charge on any atom is 0.344 e. The SMILES string of the molecule is O=C(COC(=O)c1c(F)cccc1F)NCc1cccc(Cl)c1. The number of hydrogen-bond donors (Lipinski definition) is 1. The van der Waals surface area contributed by atoms with E-state index in [1.54, 1.807) is 24.3 Å². The van der Waals surface area contributed by atoms with Gasteiger partial charge in [0.2, 0.25) is 0 Å². The van der Waals surface area contributed by atoms with Gasteiger partial charge in [0, 0.05) is 11.6 Å². The second-order valence-electron chi connectivity index (χ2n) is 4.58. The minimum atomic E-state index is -1.24. The van der Waals surface area contributed by atoms with Gasteiger partial charge in [-0.3, -0.25) is 4.79 Å². The van der Waals surface area contributed by atoms with Crippen LogP contribution >= 0.6 is 11.6 Å². The third-order valence-corrected chi connectivity index (χ3v) is 3.12. The van der Waals surface area contributed by atoms with Gasteiger partial charge in [0.15, 0.2) is 6.61 Å². The van der Waals surface area contributed by atoms with Crippen LogP contribution in [0.4, 0.5) is 8.78 Å². The Morgan fingerprint density at radius 3 is 2.39 bits per heavy atom. The van der Waals surface area contributed by atoms with E-state index >= 15 is 0 Å². The molecule has 0 unspecified atom stereocenters. The van der Waals surface area contributed by atoms with Crippen LogP contribution in [0.15, 0.2) is 42.5 Å². The van der Waals surface area contributed by atoms with E-state index in [1.165, 1.54) is 0 Å². The summed E-state index contributed by atoms with van der Waals surface area (Å²) in [6.45, 7) is -0.460. The molecule has 0 radical (unpaired) electrons. The minimum absolute atomic E-state index is 0.186. The molecule has 0 saturated heterocycles. The lowest BCUT2D eigenvalue weighted by Crippen LogP contribution is -2.28. The van der Waals surface area contributed by atoms with Crippen molar-refractivity contribution in [2.75, 3.05) is 6.61 Å². The van der Waals surface area contributed by atoms with Crippen molar-refractivity contribution in [3.05, 3.63) is 70.2 Å². The zero-order valence-electron chi connectivity index (χ0n) is 11.8. The lowest BCUT2D eigenvalue weighted by molar-refractivity contribution is -0.124. The fraction of sp³-hybridized carbons (Fsp3) is 0.125. The van der Waals surface area contributed by atoms with Gasteiger partial charge in [-0.25, -0.2) is 13.6 Å². The minimum Gasteiger partial charge on any atom is -0.452 e. The number of benzene rings is 2. The first-order valence-electron chi connectivity index (χ1n) is 6.59. The average molecular weight is 340 g/mol. The monoisotopic (exact) mass is 339 g/mol. The van der Waals surface area contributed by atoms with Gasteiger partial charge in [-0.2, -0.15) is 0 Å². The van der Waals surface area contributed by atoms with E-state index in [1.807, 2.05) is 0 Å². The maximum absolute atomic E-state index is 13.4. The Kier molecular flexibility index (Phi) is 5.65. The fourth-order valence-electron chi connectivity index (χ4n) is 1.79. The van der Waals surface area contributed by atoms with Gasteiger partial charge >= 0.3 is 5.97 Å². The summed E-state index contributed by atoms with van der Waals surface area (Å²) in [7, 11) is 0. The molecule has 120 valence electrons. The van der Waals surface area contributed by atoms with Gasteiger partial charge in [0.25, 0.3) is 5.91 Å². The van der Waals surface area contributed by atoms with Gasteiger partial charge in [0.1, 0.15) is 17.2 Å². The zero-order chi connectivity index (χ0) is 16.8. The highest BCUT2D eigenvalue weighted by molar-refractivity contribution is 6.30. The molecule has 2 rings (SSSR count). The third-order valence-electron chi connectivity index (χ3n) is 2.88. The number of halogens is 3. The van der Waals surface area contributed by atoms with Gasteiger partial charge in [0.05, 0.1) is 0 Å². The number of rotatable bonds is 5. The zero-order valence-corrected chi connectivity index (χ0v) is 12.6. The number of nitrogens with one attached hydrogen (secondary N) is 1. The van der Waals surface area contributed by atoms with Crippen LogP contribution in [0.2, 0.25) is 5.02 Å². The maximum atomic E-state index is 13.4. The quantitative estimate of drug-likeness (QED) is 0.852. The highest BCUT2D eigenvalue weighted by Gasteiger charge is 2.19. The second kappa shape index (κ2) is 7.69. The van der Waals surface area contributed by atoms with Crippen molar-refractivity contribution in [3.63, 3.8) is 0 Å². The van der Waals surface area contributed by atoms with E-state index in [0.717, 1.165) is 23.8 Å². The molecule has 1 amide bonds. The summed E-state index contributed by atoms with van der Waals surface area (Å²) in [5, 5.41) is 3.03. The molecular formula is C16H12ClF2NO3. The predicted octanol–water partition coefficient (Wildman–Crippen LogP) is 3.09. The molecule has 0 atom stereocenters. The molecule has 0 aliphatic carbocycles. The standard InChI is InChI=1S/C16H12ClF2NO3/c17-11-4-1-3-10(7-11)8-20-14(21)9-23-16(22)15-12(18)5-2-6-13(15)19/h1-7H,8-9H2,(H,20,21). The summed E-state index contributed by atoms with van der Waals surface area (Å²) in [6, 6.07) is 9.83. The van der Waals surface area contributed by atoms with E-state index in [9.17, 15) is 18.4 Å². The third kappa shape index (κ3) is 4.75. The molecule has 0 aliphatic rings. The van der Waals surface area contributed by atoms with E-state index in [4.69, 9.17) is 11.6 Å². The molecule has 23 heavy (non-hydrogen) atoms. The summed E-state index contributed by atoms with van der Waals surface area (Å²) >= 11 is 5.81. The lowest BCUT2D eigenvalue weighted by atomic mass is 10.2. The summed E-state index contributed by atoms with van der Waals surface area (Å²) < 4.78 is 31.4. The summed E-state index contributed by atoms with van der Waals surface area (Å²) in [5.41, 5.74) is -0.0625. The molecule has 4 nitrogen and oxygen atoms in total. The Labute approximate surface area is 136 Å². The molecular weight excluding hydrogens is 328 g/mol. The first-order chi connectivity index (χ1) is 11.0. The van der Waals surface area contributed by atoms with Crippen molar-refractivity contribution in [2.45, 2.75) is 6.54 Å². The largest absolute Gasteiger partial charge is 0.452 e. The molecule has 0 heterocycles. The van der Waals surface area contributed by atoms with Crippen LogP contribution in [0, 0.1) is 11.6 Å². The topological polar surface area (TPSA) is 55.4 Å². The summed E-state index contributed by atoms with van der Waals surface area (Å²) in [4.78, 5) is 23.2. The van der Waals surface area contributed by atoms with Crippen molar-refractivity contribution in [2.24, 2.45) is 0 Å². The number of carbonyl (C=O) groups is 2. The highest BCUT2D eigenvalue weighted by Crippen LogP contribution is 2.13. The molecule has 0 aromatic heterocycles. The van der Waals surface area contributed by atoms with Gasteiger partial charge < -0.3 is 10.1 Å². The molecule has 7 heteroatoms. The summed E-state index contributed by atoms with van der Waals surface area (Å²) in [6.07, 6.45) is 0. The lowest BCUT2D eigenvalue weighted by Gasteiger charge is -2.08. The van der Waals surface area contributed by atoms with Crippen molar-refractivity contribution in [3.8, 4) is 0 Å². The molecule has 1 N–H and O–H groups in total. The Bertz CT molecular complexity index is 717. The van der Waals surface area contributed by atoms with Gasteiger partial charge in [-0.05, 0) is 29.8 Å². The second-order valence-corrected chi connectivity index (χ2v) is 5.02. The van der Waals surface area contributed by atoms with Crippen LogP contribution in [-0.4, -0.2) is 18.5 Å². The number of carbonyl (C=O) groups excluding carboxylic acids is 2. The van der Waals surface area contributed by atoms with Crippen LogP contribution in [-0.2, 0) is 16.1 Å². The van der Waals surface area contributed by atoms with Crippen LogP contribution in [0.3, 0.4) is 0 Å². The normalized spacial score (nSPS) is 10.2. The van der Waals surface area contributed by atoms with E-state index in [2.05, 4.69) is 10.1 Å². The first kappa shape index (κ1) is 16.9. The Hall–Kier alpha value is -2.47. The van der Waals surface area contributed by atoms with E-state index in [0.29, 0.717) is 5.02 Å². The molecule has 2 aromatic rings. The summed E-state index contributed by atoms with van der Waals surface area (Å²) in [5.74, 6) is -3.93. The highest BCUT2D eigenvalue weighted by atomic mass is 35.5. The number of hydrogen-bond acceptors (Lipinski definition) is 3. The Morgan fingerprint density at radius 2 is 1.74 bits per heavy atom. The Morgan fingerprint density at radius 1 is 1.09 bits per heavy atom. The number of amides is 1. The van der Waals surface area contributed by atoms with Crippen LogP contribution < -0.4 is 5.32 Å². The average Bonchev–Trinajstić information content (AvgIpc) is 2.51. The van der Waals surface area contributed by atoms with Crippen LogP contribution in [0.1, 0.15) is 15.9 Å². The molecule has 0 bridgehead atoms. The number of esters is 1. The van der Waals surface area contributed by atoms with Gasteiger partial charge in [-0.15, -0.1) is 0 Å². The van der Waals surface area contributed by atoms with Crippen molar-refractivity contribution in [1.82, 2.24) is 5.32 Å². The molecule has 0 fully saturated rings. The van der Waals surface area contributed by atoms with Crippen molar-refractivity contribution in [1.29, 1.82) is 0 Å².